The fourth-order valence-electron chi connectivity index (χ4n) is 2.43. The Morgan fingerprint density at radius 1 is 1.07 bits per heavy atom. The molecule has 0 amide bonds. The SMILES string of the molecule is CN=C(NCC(C)Oc1cccc(C)c1)Nc1ccc(OC)c(OC)c1.I. The Balaban J connectivity index is 0.00000364. The molecule has 0 aromatic heterocycles. The molecule has 0 saturated carbocycles. The molecule has 27 heavy (non-hydrogen) atoms. The van der Waals surface area contributed by atoms with Crippen molar-refractivity contribution in [1.29, 1.82) is 0 Å². The van der Waals surface area contributed by atoms with E-state index in [0.717, 1.165) is 11.4 Å². The molecule has 6 nitrogen and oxygen atoms in total. The normalized spacial score (nSPS) is 11.8. The van der Waals surface area contributed by atoms with E-state index in [9.17, 15) is 0 Å². The molecule has 2 rings (SSSR count). The second kappa shape index (κ2) is 11.5. The monoisotopic (exact) mass is 485 g/mol. The van der Waals surface area contributed by atoms with Crippen LogP contribution < -0.4 is 24.8 Å². The number of aryl methyl sites for hydroxylation is 1. The third-order valence-electron chi connectivity index (χ3n) is 3.75. The first-order valence-corrected chi connectivity index (χ1v) is 8.48. The van der Waals surface area contributed by atoms with E-state index in [1.165, 1.54) is 5.56 Å². The summed E-state index contributed by atoms with van der Waals surface area (Å²) in [4.78, 5) is 4.24. The zero-order chi connectivity index (χ0) is 18.9. The maximum Gasteiger partial charge on any atom is 0.195 e. The van der Waals surface area contributed by atoms with Crippen LogP contribution in [0.1, 0.15) is 12.5 Å². The van der Waals surface area contributed by atoms with E-state index in [1.807, 2.05) is 56.3 Å². The molecule has 2 aromatic rings. The molecule has 2 aromatic carbocycles. The number of hydrogen-bond acceptors (Lipinski definition) is 4. The van der Waals surface area contributed by atoms with E-state index in [-0.39, 0.29) is 30.1 Å². The number of aliphatic imine (C=N–C) groups is 1. The minimum absolute atomic E-state index is 0. The van der Waals surface area contributed by atoms with Crippen molar-refractivity contribution in [2.45, 2.75) is 20.0 Å². The maximum absolute atomic E-state index is 5.93. The molecule has 0 radical (unpaired) electrons. The summed E-state index contributed by atoms with van der Waals surface area (Å²) in [7, 11) is 4.95. The molecular weight excluding hydrogens is 457 g/mol. The molecule has 0 saturated heterocycles. The lowest BCUT2D eigenvalue weighted by Crippen LogP contribution is -2.37. The minimum Gasteiger partial charge on any atom is -0.493 e. The van der Waals surface area contributed by atoms with Crippen LogP contribution in [0.15, 0.2) is 47.5 Å². The average molecular weight is 485 g/mol. The molecule has 0 spiro atoms. The van der Waals surface area contributed by atoms with Crippen molar-refractivity contribution in [3.05, 3.63) is 48.0 Å². The van der Waals surface area contributed by atoms with Gasteiger partial charge >= 0.3 is 0 Å². The van der Waals surface area contributed by atoms with Gasteiger partial charge < -0.3 is 24.8 Å². The van der Waals surface area contributed by atoms with Crippen LogP contribution in [0.5, 0.6) is 17.2 Å². The summed E-state index contributed by atoms with van der Waals surface area (Å²) >= 11 is 0. The van der Waals surface area contributed by atoms with Gasteiger partial charge in [-0.25, -0.2) is 0 Å². The fourth-order valence-corrected chi connectivity index (χ4v) is 2.43. The van der Waals surface area contributed by atoms with Crippen molar-refractivity contribution >= 4 is 35.6 Å². The van der Waals surface area contributed by atoms with Crippen LogP contribution in [0.3, 0.4) is 0 Å². The fraction of sp³-hybridized carbons (Fsp3) is 0.350. The Morgan fingerprint density at radius 3 is 2.44 bits per heavy atom. The summed E-state index contributed by atoms with van der Waals surface area (Å²) in [6.07, 6.45) is -0.0132. The van der Waals surface area contributed by atoms with E-state index in [2.05, 4.69) is 15.6 Å². The number of guanidine groups is 1. The molecule has 1 atom stereocenters. The smallest absolute Gasteiger partial charge is 0.195 e. The number of nitrogens with zero attached hydrogens (tertiary/aromatic N) is 1. The van der Waals surface area contributed by atoms with Crippen molar-refractivity contribution in [2.24, 2.45) is 4.99 Å². The van der Waals surface area contributed by atoms with Crippen LogP contribution in [-0.2, 0) is 0 Å². The molecule has 0 aliphatic carbocycles. The maximum atomic E-state index is 5.93. The zero-order valence-corrected chi connectivity index (χ0v) is 18.7. The van der Waals surface area contributed by atoms with Gasteiger partial charge in [0.2, 0.25) is 0 Å². The highest BCUT2D eigenvalue weighted by Crippen LogP contribution is 2.29. The molecule has 0 fully saturated rings. The van der Waals surface area contributed by atoms with Gasteiger partial charge in [-0.1, -0.05) is 12.1 Å². The van der Waals surface area contributed by atoms with Crippen molar-refractivity contribution < 1.29 is 14.2 Å². The second-order valence-electron chi connectivity index (χ2n) is 5.89. The van der Waals surface area contributed by atoms with Crippen LogP contribution in [-0.4, -0.2) is 39.9 Å². The summed E-state index contributed by atoms with van der Waals surface area (Å²) in [5.74, 6) is 2.85. The largest absolute Gasteiger partial charge is 0.493 e. The lowest BCUT2D eigenvalue weighted by atomic mass is 10.2. The molecule has 0 aliphatic heterocycles. The third-order valence-corrected chi connectivity index (χ3v) is 3.75. The number of ether oxygens (including phenoxy) is 3. The van der Waals surface area contributed by atoms with Gasteiger partial charge in [0.25, 0.3) is 0 Å². The van der Waals surface area contributed by atoms with Gasteiger partial charge in [-0.15, -0.1) is 24.0 Å². The van der Waals surface area contributed by atoms with Crippen molar-refractivity contribution in [1.82, 2.24) is 5.32 Å². The van der Waals surface area contributed by atoms with Crippen LogP contribution in [0, 0.1) is 6.92 Å². The Morgan fingerprint density at radius 2 is 1.81 bits per heavy atom. The highest BCUT2D eigenvalue weighted by molar-refractivity contribution is 14.0. The van der Waals surface area contributed by atoms with E-state index < -0.39 is 0 Å². The van der Waals surface area contributed by atoms with E-state index in [4.69, 9.17) is 14.2 Å². The molecule has 7 heteroatoms. The molecule has 0 heterocycles. The first-order valence-electron chi connectivity index (χ1n) is 8.48. The van der Waals surface area contributed by atoms with Crippen LogP contribution in [0.25, 0.3) is 0 Å². The van der Waals surface area contributed by atoms with Crippen LogP contribution >= 0.6 is 24.0 Å². The highest BCUT2D eigenvalue weighted by atomic mass is 127. The lowest BCUT2D eigenvalue weighted by Gasteiger charge is -2.18. The average Bonchev–Trinajstić information content (AvgIpc) is 2.64. The van der Waals surface area contributed by atoms with Crippen molar-refractivity contribution in [3.63, 3.8) is 0 Å². The number of hydrogen-bond donors (Lipinski definition) is 2. The Bertz CT molecular complexity index is 753. The van der Waals surface area contributed by atoms with Crippen LogP contribution in [0.2, 0.25) is 0 Å². The van der Waals surface area contributed by atoms with Gasteiger partial charge in [0.05, 0.1) is 20.8 Å². The third kappa shape index (κ3) is 7.16. The minimum atomic E-state index is -0.0132. The summed E-state index contributed by atoms with van der Waals surface area (Å²) in [5.41, 5.74) is 2.02. The van der Waals surface area contributed by atoms with Gasteiger partial charge in [0.1, 0.15) is 11.9 Å². The van der Waals surface area contributed by atoms with Gasteiger partial charge in [-0.05, 0) is 43.7 Å². The van der Waals surface area contributed by atoms with E-state index in [0.29, 0.717) is 24.0 Å². The number of rotatable bonds is 7. The second-order valence-corrected chi connectivity index (χ2v) is 5.89. The Labute approximate surface area is 178 Å². The molecule has 0 aliphatic rings. The lowest BCUT2D eigenvalue weighted by molar-refractivity contribution is 0.224. The van der Waals surface area contributed by atoms with E-state index >= 15 is 0 Å². The standard InChI is InChI=1S/C20H27N3O3.HI/c1-14-7-6-8-17(11-14)26-15(2)13-22-20(21-3)23-16-9-10-18(24-4)19(12-16)25-5;/h6-12,15H,13H2,1-5H3,(H2,21,22,23);1H. The molecule has 2 N–H and O–H groups in total. The molecule has 0 bridgehead atoms. The van der Waals surface area contributed by atoms with Crippen LogP contribution in [0.4, 0.5) is 5.69 Å². The summed E-state index contributed by atoms with van der Waals surface area (Å²) < 4.78 is 16.5. The number of benzene rings is 2. The van der Waals surface area contributed by atoms with Gasteiger partial charge in [-0.3, -0.25) is 4.99 Å². The quantitative estimate of drug-likeness (QED) is 0.352. The van der Waals surface area contributed by atoms with Crippen molar-refractivity contribution in [3.8, 4) is 17.2 Å². The van der Waals surface area contributed by atoms with Gasteiger partial charge in [0, 0.05) is 18.8 Å². The summed E-state index contributed by atoms with van der Waals surface area (Å²) in [6, 6.07) is 13.6. The molecule has 1 unspecified atom stereocenters. The number of methoxy groups -OCH3 is 2. The van der Waals surface area contributed by atoms with E-state index in [1.54, 1.807) is 21.3 Å². The number of anilines is 1. The highest BCUT2D eigenvalue weighted by Gasteiger charge is 2.08. The zero-order valence-electron chi connectivity index (χ0n) is 16.4. The summed E-state index contributed by atoms with van der Waals surface area (Å²) in [6.45, 7) is 4.67. The predicted molar refractivity (Wildman–Crippen MR) is 121 cm³/mol. The first-order chi connectivity index (χ1) is 12.5. The molecular formula is C20H28IN3O3. The van der Waals surface area contributed by atoms with Crippen molar-refractivity contribution in [2.75, 3.05) is 33.1 Å². The number of halogens is 1. The Kier molecular flexibility index (Phi) is 9.77. The van der Waals surface area contributed by atoms with Gasteiger partial charge in [-0.2, -0.15) is 0 Å². The molecule has 148 valence electrons. The topological polar surface area (TPSA) is 64.1 Å². The predicted octanol–water partition coefficient (Wildman–Crippen LogP) is 4.09. The number of nitrogens with one attached hydrogen (secondary N) is 2. The Hall–Kier alpha value is -2.16. The van der Waals surface area contributed by atoms with Gasteiger partial charge in [0.15, 0.2) is 17.5 Å². The summed E-state index contributed by atoms with van der Waals surface area (Å²) in [5, 5.41) is 6.49. The first kappa shape index (κ1) is 22.9.